The molecule has 2 unspecified atom stereocenters. The fraction of sp³-hybridized carbons (Fsp3) is 0.600. The molecule has 0 spiro atoms. The number of aliphatic carboxylic acids is 1. The third-order valence-electron chi connectivity index (χ3n) is 4.09. The van der Waals surface area contributed by atoms with Gasteiger partial charge in [0.15, 0.2) is 0 Å². The SMILES string of the molecule is CC1(C)CCC(C(=O)O)C(Cc2ccc(Br)cn2)C1. The maximum atomic E-state index is 11.4. The number of aromatic nitrogens is 1. The third kappa shape index (κ3) is 3.78. The smallest absolute Gasteiger partial charge is 0.306 e. The lowest BCUT2D eigenvalue weighted by atomic mass is 9.66. The van der Waals surface area contributed by atoms with Crippen molar-refractivity contribution < 1.29 is 9.90 Å². The molecule has 1 N–H and O–H groups in total. The number of carboxylic acid groups (broad SMARTS) is 1. The first-order valence-corrected chi connectivity index (χ1v) is 7.50. The quantitative estimate of drug-likeness (QED) is 0.916. The van der Waals surface area contributed by atoms with Crippen LogP contribution in [0.1, 0.15) is 38.8 Å². The van der Waals surface area contributed by atoms with Crippen LogP contribution in [0.3, 0.4) is 0 Å². The zero-order chi connectivity index (χ0) is 14.0. The summed E-state index contributed by atoms with van der Waals surface area (Å²) in [4.78, 5) is 15.8. The lowest BCUT2D eigenvalue weighted by Gasteiger charge is -2.39. The Morgan fingerprint density at radius 2 is 2.26 bits per heavy atom. The highest BCUT2D eigenvalue weighted by Crippen LogP contribution is 2.43. The molecule has 0 aromatic carbocycles. The highest BCUT2D eigenvalue weighted by Gasteiger charge is 2.38. The Morgan fingerprint density at radius 1 is 1.53 bits per heavy atom. The molecule has 1 fully saturated rings. The maximum Gasteiger partial charge on any atom is 0.306 e. The van der Waals surface area contributed by atoms with E-state index in [0.29, 0.717) is 0 Å². The highest BCUT2D eigenvalue weighted by molar-refractivity contribution is 9.10. The minimum absolute atomic E-state index is 0.190. The average Bonchev–Trinajstić information content (AvgIpc) is 2.30. The van der Waals surface area contributed by atoms with Crippen molar-refractivity contribution in [2.45, 2.75) is 39.5 Å². The summed E-state index contributed by atoms with van der Waals surface area (Å²) in [5.74, 6) is -0.689. The third-order valence-corrected chi connectivity index (χ3v) is 4.56. The summed E-state index contributed by atoms with van der Waals surface area (Å²) in [7, 11) is 0. The van der Waals surface area contributed by atoms with E-state index in [1.54, 1.807) is 6.20 Å². The Labute approximate surface area is 122 Å². The van der Waals surface area contributed by atoms with Gasteiger partial charge < -0.3 is 5.11 Å². The zero-order valence-corrected chi connectivity index (χ0v) is 13.0. The van der Waals surface area contributed by atoms with Crippen LogP contribution in [0.15, 0.2) is 22.8 Å². The van der Waals surface area contributed by atoms with Crippen LogP contribution in [0.4, 0.5) is 0 Å². The Bertz CT molecular complexity index is 456. The van der Waals surface area contributed by atoms with E-state index in [0.717, 1.165) is 35.8 Å². The second kappa shape index (κ2) is 5.61. The predicted molar refractivity (Wildman–Crippen MR) is 77.9 cm³/mol. The second-order valence-electron chi connectivity index (χ2n) is 6.28. The minimum atomic E-state index is -0.655. The van der Waals surface area contributed by atoms with Gasteiger partial charge in [-0.15, -0.1) is 0 Å². The van der Waals surface area contributed by atoms with Crippen LogP contribution < -0.4 is 0 Å². The summed E-state index contributed by atoms with van der Waals surface area (Å²) in [5, 5.41) is 9.37. The fourth-order valence-electron chi connectivity index (χ4n) is 3.07. The molecule has 104 valence electrons. The van der Waals surface area contributed by atoms with Gasteiger partial charge in [0.1, 0.15) is 0 Å². The van der Waals surface area contributed by atoms with Crippen molar-refractivity contribution in [2.75, 3.05) is 0 Å². The van der Waals surface area contributed by atoms with Crippen molar-refractivity contribution in [3.05, 3.63) is 28.5 Å². The predicted octanol–water partition coefficient (Wildman–Crippen LogP) is 3.91. The van der Waals surface area contributed by atoms with E-state index >= 15 is 0 Å². The van der Waals surface area contributed by atoms with Gasteiger partial charge in [-0.25, -0.2) is 0 Å². The van der Waals surface area contributed by atoms with Crippen molar-refractivity contribution in [2.24, 2.45) is 17.3 Å². The van der Waals surface area contributed by atoms with Crippen LogP contribution in [0, 0.1) is 17.3 Å². The molecule has 3 nitrogen and oxygen atoms in total. The van der Waals surface area contributed by atoms with E-state index in [9.17, 15) is 9.90 Å². The number of hydrogen-bond acceptors (Lipinski definition) is 2. The summed E-state index contributed by atoms with van der Waals surface area (Å²) in [6.07, 6.45) is 5.27. The van der Waals surface area contributed by atoms with Gasteiger partial charge in [-0.1, -0.05) is 13.8 Å². The number of pyridine rings is 1. The van der Waals surface area contributed by atoms with Gasteiger partial charge in [0.05, 0.1) is 5.92 Å². The van der Waals surface area contributed by atoms with E-state index < -0.39 is 5.97 Å². The summed E-state index contributed by atoms with van der Waals surface area (Å²) < 4.78 is 0.954. The van der Waals surface area contributed by atoms with Crippen LogP contribution in [-0.4, -0.2) is 16.1 Å². The number of halogens is 1. The fourth-order valence-corrected chi connectivity index (χ4v) is 3.31. The monoisotopic (exact) mass is 325 g/mol. The molecule has 1 heterocycles. The van der Waals surface area contributed by atoms with Gasteiger partial charge in [0.25, 0.3) is 0 Å². The number of carbonyl (C=O) groups is 1. The first-order valence-electron chi connectivity index (χ1n) is 6.71. The molecule has 0 amide bonds. The van der Waals surface area contributed by atoms with Crippen LogP contribution in [0.5, 0.6) is 0 Å². The number of nitrogens with zero attached hydrogens (tertiary/aromatic N) is 1. The van der Waals surface area contributed by atoms with E-state index in [-0.39, 0.29) is 17.3 Å². The van der Waals surface area contributed by atoms with Crippen molar-refractivity contribution in [1.82, 2.24) is 4.98 Å². The van der Waals surface area contributed by atoms with Crippen LogP contribution in [-0.2, 0) is 11.2 Å². The van der Waals surface area contributed by atoms with Crippen molar-refractivity contribution in [1.29, 1.82) is 0 Å². The number of carboxylic acids is 1. The molecule has 0 radical (unpaired) electrons. The molecule has 0 aliphatic heterocycles. The van der Waals surface area contributed by atoms with Crippen molar-refractivity contribution in [3.63, 3.8) is 0 Å². The van der Waals surface area contributed by atoms with Crippen LogP contribution in [0.2, 0.25) is 0 Å². The first-order chi connectivity index (χ1) is 8.87. The van der Waals surface area contributed by atoms with Gasteiger partial charge in [-0.05, 0) is 65.1 Å². The largest absolute Gasteiger partial charge is 0.481 e. The molecule has 4 heteroatoms. The molecule has 1 aromatic rings. The van der Waals surface area contributed by atoms with E-state index in [1.807, 2.05) is 12.1 Å². The topological polar surface area (TPSA) is 50.2 Å². The highest BCUT2D eigenvalue weighted by atomic mass is 79.9. The normalized spacial score (nSPS) is 26.1. The Morgan fingerprint density at radius 3 is 2.84 bits per heavy atom. The number of rotatable bonds is 3. The molecule has 1 saturated carbocycles. The molecule has 1 aliphatic carbocycles. The molecular weight excluding hydrogens is 306 g/mol. The molecular formula is C15H20BrNO2. The average molecular weight is 326 g/mol. The van der Waals surface area contributed by atoms with Gasteiger partial charge in [-0.3, -0.25) is 9.78 Å². The summed E-state index contributed by atoms with van der Waals surface area (Å²) >= 11 is 3.37. The minimum Gasteiger partial charge on any atom is -0.481 e. The standard InChI is InChI=1S/C15H20BrNO2/c1-15(2)6-5-13(14(18)19)10(8-15)7-12-4-3-11(16)9-17-12/h3-4,9-10,13H,5-8H2,1-2H3,(H,18,19). The molecule has 1 aromatic heterocycles. The van der Waals surface area contributed by atoms with Gasteiger partial charge >= 0.3 is 5.97 Å². The van der Waals surface area contributed by atoms with Crippen LogP contribution >= 0.6 is 15.9 Å². The van der Waals surface area contributed by atoms with E-state index in [4.69, 9.17) is 0 Å². The Kier molecular flexibility index (Phi) is 4.29. The van der Waals surface area contributed by atoms with Gasteiger partial charge in [-0.2, -0.15) is 0 Å². The van der Waals surface area contributed by atoms with E-state index in [1.165, 1.54) is 0 Å². The summed E-state index contributed by atoms with van der Waals surface area (Å²) in [6, 6.07) is 3.94. The maximum absolute atomic E-state index is 11.4. The first kappa shape index (κ1) is 14.5. The summed E-state index contributed by atoms with van der Waals surface area (Å²) in [5.41, 5.74) is 1.23. The molecule has 0 bridgehead atoms. The molecule has 2 atom stereocenters. The zero-order valence-electron chi connectivity index (χ0n) is 11.4. The van der Waals surface area contributed by atoms with Crippen molar-refractivity contribution >= 4 is 21.9 Å². The second-order valence-corrected chi connectivity index (χ2v) is 7.20. The van der Waals surface area contributed by atoms with Gasteiger partial charge in [0, 0.05) is 16.4 Å². The van der Waals surface area contributed by atoms with Gasteiger partial charge in [0.2, 0.25) is 0 Å². The number of hydrogen-bond donors (Lipinski definition) is 1. The Balaban J connectivity index is 2.13. The Hall–Kier alpha value is -0.900. The molecule has 1 aliphatic rings. The molecule has 2 rings (SSSR count). The summed E-state index contributed by atoms with van der Waals surface area (Å²) in [6.45, 7) is 4.46. The van der Waals surface area contributed by atoms with Crippen LogP contribution in [0.25, 0.3) is 0 Å². The molecule has 19 heavy (non-hydrogen) atoms. The van der Waals surface area contributed by atoms with E-state index in [2.05, 4.69) is 34.8 Å². The lowest BCUT2D eigenvalue weighted by Crippen LogP contribution is -2.35. The van der Waals surface area contributed by atoms with Crippen molar-refractivity contribution in [3.8, 4) is 0 Å². The lowest BCUT2D eigenvalue weighted by molar-refractivity contribution is -0.146. The molecule has 0 saturated heterocycles.